The quantitative estimate of drug-likeness (QED) is 0.756. The minimum atomic E-state index is -4.71. The first-order chi connectivity index (χ1) is 9.10. The number of carboxylic acid groups (broad SMARTS) is 1. The molecule has 1 amide bonds. The number of carboxylic acids is 1. The van der Waals surface area contributed by atoms with Crippen molar-refractivity contribution in [1.29, 1.82) is 0 Å². The summed E-state index contributed by atoms with van der Waals surface area (Å²) in [6.45, 7) is -2.75. The van der Waals surface area contributed by atoms with Crippen molar-refractivity contribution in [2.75, 3.05) is 13.1 Å². The highest BCUT2D eigenvalue weighted by atomic mass is 127. The Hall–Kier alpha value is -1.52. The molecule has 0 saturated heterocycles. The Balaban J connectivity index is 3.02. The van der Waals surface area contributed by atoms with Crippen LogP contribution in [0.2, 0.25) is 0 Å². The summed E-state index contributed by atoms with van der Waals surface area (Å²) in [5, 5.41) is 18.0. The fourth-order valence-corrected chi connectivity index (χ4v) is 1.74. The monoisotopic (exact) mass is 403 g/mol. The van der Waals surface area contributed by atoms with Gasteiger partial charge in [0.15, 0.2) is 0 Å². The second-order valence-electron chi connectivity index (χ2n) is 3.84. The molecular weight excluding hydrogens is 394 g/mol. The number of aliphatic carboxylic acids is 1. The van der Waals surface area contributed by atoms with E-state index in [2.05, 4.69) is 0 Å². The minimum Gasteiger partial charge on any atom is -0.507 e. The van der Waals surface area contributed by atoms with E-state index in [1.165, 1.54) is 12.1 Å². The van der Waals surface area contributed by atoms with Gasteiger partial charge in [-0.1, -0.05) is 0 Å². The fourth-order valence-electron chi connectivity index (χ4n) is 1.41. The van der Waals surface area contributed by atoms with Crippen LogP contribution in [-0.4, -0.2) is 46.3 Å². The van der Waals surface area contributed by atoms with Gasteiger partial charge < -0.3 is 15.1 Å². The number of alkyl halides is 3. The lowest BCUT2D eigenvalue weighted by molar-refractivity contribution is -0.149. The van der Waals surface area contributed by atoms with Crippen molar-refractivity contribution < 1.29 is 33.0 Å². The van der Waals surface area contributed by atoms with Gasteiger partial charge in [0.1, 0.15) is 18.8 Å². The zero-order chi connectivity index (χ0) is 15.5. The van der Waals surface area contributed by atoms with Gasteiger partial charge in [0.05, 0.1) is 3.57 Å². The van der Waals surface area contributed by atoms with Gasteiger partial charge in [-0.05, 0) is 40.8 Å². The summed E-state index contributed by atoms with van der Waals surface area (Å²) in [6.07, 6.45) is -4.71. The first-order valence-corrected chi connectivity index (χ1v) is 6.24. The number of benzene rings is 1. The van der Waals surface area contributed by atoms with E-state index in [0.717, 1.165) is 6.07 Å². The average Bonchev–Trinajstić information content (AvgIpc) is 2.28. The molecule has 0 spiro atoms. The molecule has 1 aromatic rings. The van der Waals surface area contributed by atoms with E-state index in [-0.39, 0.29) is 16.2 Å². The highest BCUT2D eigenvalue weighted by Gasteiger charge is 2.34. The summed E-state index contributed by atoms with van der Waals surface area (Å²) in [5.41, 5.74) is -0.214. The molecule has 0 fully saturated rings. The SMILES string of the molecule is O=C(O)CN(CC(F)(F)F)C(=O)c1ccc(I)c(O)c1. The predicted molar refractivity (Wildman–Crippen MR) is 70.4 cm³/mol. The lowest BCUT2D eigenvalue weighted by atomic mass is 10.2. The standard InChI is InChI=1S/C11H9F3INO4/c12-11(13,14)5-16(4-9(18)19)10(20)6-1-2-7(15)8(17)3-6/h1-3,17H,4-5H2,(H,18,19). The van der Waals surface area contributed by atoms with E-state index in [0.29, 0.717) is 3.57 Å². The van der Waals surface area contributed by atoms with Gasteiger partial charge in [-0.2, -0.15) is 13.2 Å². The number of rotatable bonds is 4. The van der Waals surface area contributed by atoms with Gasteiger partial charge >= 0.3 is 12.1 Å². The summed E-state index contributed by atoms with van der Waals surface area (Å²) >= 11 is 1.77. The van der Waals surface area contributed by atoms with Crippen molar-refractivity contribution in [3.63, 3.8) is 0 Å². The molecule has 0 radical (unpaired) electrons. The van der Waals surface area contributed by atoms with E-state index in [1.54, 1.807) is 22.6 Å². The van der Waals surface area contributed by atoms with Crippen LogP contribution in [0.5, 0.6) is 5.75 Å². The first kappa shape index (κ1) is 16.5. The number of phenolic OH excluding ortho intramolecular Hbond substituents is 1. The molecule has 0 aromatic heterocycles. The molecule has 0 atom stereocenters. The maximum Gasteiger partial charge on any atom is 0.406 e. The number of amides is 1. The molecule has 0 unspecified atom stereocenters. The molecule has 0 heterocycles. The van der Waals surface area contributed by atoms with Gasteiger partial charge in [0.2, 0.25) is 0 Å². The third kappa shape index (κ3) is 4.87. The van der Waals surface area contributed by atoms with Crippen LogP contribution in [0.25, 0.3) is 0 Å². The third-order valence-corrected chi connectivity index (χ3v) is 3.09. The van der Waals surface area contributed by atoms with Crippen LogP contribution in [0.1, 0.15) is 10.4 Å². The topological polar surface area (TPSA) is 77.8 Å². The number of hydrogen-bond donors (Lipinski definition) is 2. The average molecular weight is 403 g/mol. The molecule has 0 aliphatic carbocycles. The predicted octanol–water partition coefficient (Wildman–Crippen LogP) is 2.09. The Bertz CT molecular complexity index is 533. The molecule has 0 saturated carbocycles. The van der Waals surface area contributed by atoms with Crippen LogP contribution in [0.15, 0.2) is 18.2 Å². The lowest BCUT2D eigenvalue weighted by Gasteiger charge is -2.22. The number of nitrogens with zero attached hydrogens (tertiary/aromatic N) is 1. The van der Waals surface area contributed by atoms with Crippen molar-refractivity contribution in [2.45, 2.75) is 6.18 Å². The summed E-state index contributed by atoms with van der Waals surface area (Å²) < 4.78 is 37.4. The van der Waals surface area contributed by atoms with Gasteiger partial charge in [-0.3, -0.25) is 9.59 Å². The van der Waals surface area contributed by atoms with Crippen molar-refractivity contribution in [1.82, 2.24) is 4.90 Å². The summed E-state index contributed by atoms with van der Waals surface area (Å²) in [6, 6.07) is 3.56. The van der Waals surface area contributed by atoms with Crippen LogP contribution < -0.4 is 0 Å². The second kappa shape index (κ2) is 6.29. The van der Waals surface area contributed by atoms with E-state index < -0.39 is 31.1 Å². The summed E-state index contributed by atoms with van der Waals surface area (Å²) in [4.78, 5) is 22.6. The van der Waals surface area contributed by atoms with E-state index in [1.807, 2.05) is 0 Å². The molecular formula is C11H9F3INO4. The number of hydrogen-bond acceptors (Lipinski definition) is 3. The number of phenols is 1. The van der Waals surface area contributed by atoms with Crippen LogP contribution >= 0.6 is 22.6 Å². The first-order valence-electron chi connectivity index (χ1n) is 5.16. The Labute approximate surface area is 125 Å². The molecule has 20 heavy (non-hydrogen) atoms. The van der Waals surface area contributed by atoms with Crippen LogP contribution in [0.3, 0.4) is 0 Å². The Morgan fingerprint density at radius 2 is 1.90 bits per heavy atom. The van der Waals surface area contributed by atoms with Gasteiger partial charge in [0, 0.05) is 5.56 Å². The largest absolute Gasteiger partial charge is 0.507 e. The van der Waals surface area contributed by atoms with Gasteiger partial charge in [0.25, 0.3) is 5.91 Å². The fraction of sp³-hybridized carbons (Fsp3) is 0.273. The van der Waals surface area contributed by atoms with E-state index >= 15 is 0 Å². The molecule has 110 valence electrons. The van der Waals surface area contributed by atoms with Crippen molar-refractivity contribution in [3.8, 4) is 5.75 Å². The molecule has 2 N–H and O–H groups in total. The van der Waals surface area contributed by atoms with Crippen LogP contribution in [-0.2, 0) is 4.79 Å². The van der Waals surface area contributed by atoms with E-state index in [4.69, 9.17) is 5.11 Å². The Morgan fingerprint density at radius 3 is 2.35 bits per heavy atom. The molecule has 0 aliphatic heterocycles. The number of halogens is 4. The maximum atomic E-state index is 12.3. The van der Waals surface area contributed by atoms with Crippen LogP contribution in [0.4, 0.5) is 13.2 Å². The molecule has 1 aromatic carbocycles. The zero-order valence-corrected chi connectivity index (χ0v) is 12.0. The van der Waals surface area contributed by atoms with Gasteiger partial charge in [-0.15, -0.1) is 0 Å². The smallest absolute Gasteiger partial charge is 0.406 e. The van der Waals surface area contributed by atoms with Crippen molar-refractivity contribution >= 4 is 34.5 Å². The van der Waals surface area contributed by atoms with Crippen molar-refractivity contribution in [2.24, 2.45) is 0 Å². The molecule has 9 heteroatoms. The van der Waals surface area contributed by atoms with Crippen LogP contribution in [0, 0.1) is 3.57 Å². The van der Waals surface area contributed by atoms with Gasteiger partial charge in [-0.25, -0.2) is 0 Å². The number of carbonyl (C=O) groups is 2. The van der Waals surface area contributed by atoms with E-state index in [9.17, 15) is 27.9 Å². The molecule has 5 nitrogen and oxygen atoms in total. The normalized spacial score (nSPS) is 11.2. The molecule has 0 aliphatic rings. The maximum absolute atomic E-state index is 12.3. The molecule has 1 rings (SSSR count). The van der Waals surface area contributed by atoms with Crippen molar-refractivity contribution in [3.05, 3.63) is 27.3 Å². The Morgan fingerprint density at radius 1 is 1.30 bits per heavy atom. The summed E-state index contributed by atoms with van der Waals surface area (Å²) in [5.74, 6) is -2.94. The molecule has 0 bridgehead atoms. The Kier molecular flexibility index (Phi) is 5.20. The zero-order valence-electron chi connectivity index (χ0n) is 9.82. The number of aromatic hydroxyl groups is 1. The third-order valence-electron chi connectivity index (χ3n) is 2.18. The second-order valence-corrected chi connectivity index (χ2v) is 5.00. The number of carbonyl (C=O) groups excluding carboxylic acids is 1. The lowest BCUT2D eigenvalue weighted by Crippen LogP contribution is -2.42. The highest BCUT2D eigenvalue weighted by Crippen LogP contribution is 2.23. The highest BCUT2D eigenvalue weighted by molar-refractivity contribution is 14.1. The summed E-state index contributed by atoms with van der Waals surface area (Å²) in [7, 11) is 0. The minimum absolute atomic E-state index is 0.157.